The molecule has 2 aromatic rings. The van der Waals surface area contributed by atoms with Gasteiger partial charge in [0.05, 0.1) is 0 Å². The van der Waals surface area contributed by atoms with Crippen molar-refractivity contribution >= 4 is 5.57 Å². The van der Waals surface area contributed by atoms with Crippen LogP contribution in [0, 0.1) is 18.3 Å². The van der Waals surface area contributed by atoms with E-state index >= 15 is 0 Å². The van der Waals surface area contributed by atoms with Crippen LogP contribution in [0.5, 0.6) is 0 Å². The van der Waals surface area contributed by atoms with Crippen LogP contribution in [0.25, 0.3) is 16.7 Å². The maximum Gasteiger partial charge on any atom is 0.0274 e. The molecule has 1 atom stereocenters. The number of aryl methyl sites for hydroxylation is 1. The Morgan fingerprint density at radius 1 is 0.921 bits per heavy atom. The van der Waals surface area contributed by atoms with Crippen molar-refractivity contribution in [3.8, 4) is 23.5 Å². The van der Waals surface area contributed by atoms with Gasteiger partial charge in [-0.2, -0.15) is 0 Å². The van der Waals surface area contributed by atoms with E-state index in [0.717, 1.165) is 31.2 Å². The molecule has 214 valence electrons. The number of terminal acetylenes is 1. The fourth-order valence-electron chi connectivity index (χ4n) is 4.04. The van der Waals surface area contributed by atoms with Crippen LogP contribution >= 0.6 is 0 Å². The van der Waals surface area contributed by atoms with Gasteiger partial charge in [0.25, 0.3) is 0 Å². The molecule has 1 unspecified atom stereocenters. The molecule has 0 aliphatic carbocycles. The highest BCUT2D eigenvalue weighted by Gasteiger charge is 2.17. The second-order valence-electron chi connectivity index (χ2n) is 8.78. The van der Waals surface area contributed by atoms with Gasteiger partial charge in [0.2, 0.25) is 0 Å². The van der Waals surface area contributed by atoms with Gasteiger partial charge in [-0.25, -0.2) is 0 Å². The number of hydrogen-bond donors (Lipinski definition) is 0. The third kappa shape index (κ3) is 13.3. The Morgan fingerprint density at radius 3 is 1.95 bits per heavy atom. The van der Waals surface area contributed by atoms with Crippen molar-refractivity contribution in [3.63, 3.8) is 0 Å². The molecule has 0 aromatic heterocycles. The molecule has 0 amide bonds. The summed E-state index contributed by atoms with van der Waals surface area (Å²) in [6.07, 6.45) is 14.5. The van der Waals surface area contributed by atoms with Crippen molar-refractivity contribution in [2.75, 3.05) is 0 Å². The zero-order valence-corrected chi connectivity index (χ0v) is 27.6. The molecular formula is C38H62. The summed E-state index contributed by atoms with van der Waals surface area (Å²) >= 11 is 0. The van der Waals surface area contributed by atoms with Crippen LogP contribution in [0.2, 0.25) is 0 Å². The lowest BCUT2D eigenvalue weighted by Crippen LogP contribution is -2.04. The van der Waals surface area contributed by atoms with E-state index in [1.54, 1.807) is 0 Å². The van der Waals surface area contributed by atoms with E-state index in [-0.39, 0.29) is 0 Å². The predicted molar refractivity (Wildman–Crippen MR) is 180 cm³/mol. The quantitative estimate of drug-likeness (QED) is 0.229. The van der Waals surface area contributed by atoms with E-state index in [2.05, 4.69) is 103 Å². The van der Waals surface area contributed by atoms with Crippen molar-refractivity contribution in [3.05, 3.63) is 76.9 Å². The van der Waals surface area contributed by atoms with Crippen LogP contribution < -0.4 is 0 Å². The highest BCUT2D eigenvalue weighted by Crippen LogP contribution is 2.37. The lowest BCUT2D eigenvalue weighted by Gasteiger charge is -2.21. The van der Waals surface area contributed by atoms with Gasteiger partial charge < -0.3 is 0 Å². The van der Waals surface area contributed by atoms with Crippen LogP contribution in [0.1, 0.15) is 138 Å². The monoisotopic (exact) mass is 518 g/mol. The van der Waals surface area contributed by atoms with Crippen molar-refractivity contribution in [1.29, 1.82) is 0 Å². The second-order valence-corrected chi connectivity index (χ2v) is 8.78. The minimum atomic E-state index is 0.650. The third-order valence-corrected chi connectivity index (χ3v) is 5.93. The van der Waals surface area contributed by atoms with Gasteiger partial charge in [-0.15, -0.1) is 6.42 Å². The Kier molecular flexibility index (Phi) is 27.5. The third-order valence-electron chi connectivity index (χ3n) is 5.93. The molecule has 0 heterocycles. The largest absolute Gasteiger partial charge is 0.115 e. The molecule has 2 rings (SSSR count). The molecule has 0 spiro atoms. The average Bonchev–Trinajstić information content (AvgIpc) is 2.97. The van der Waals surface area contributed by atoms with Gasteiger partial charge in [-0.1, -0.05) is 151 Å². The first-order chi connectivity index (χ1) is 18.4. The summed E-state index contributed by atoms with van der Waals surface area (Å²) in [4.78, 5) is 0. The second kappa shape index (κ2) is 26.1. The van der Waals surface area contributed by atoms with Gasteiger partial charge in [0, 0.05) is 5.56 Å². The Balaban J connectivity index is -0.00000122. The normalized spacial score (nSPS) is 10.7. The molecule has 0 fully saturated rings. The fourth-order valence-corrected chi connectivity index (χ4v) is 4.04. The van der Waals surface area contributed by atoms with Crippen LogP contribution in [-0.4, -0.2) is 0 Å². The van der Waals surface area contributed by atoms with Crippen LogP contribution in [0.3, 0.4) is 0 Å². The van der Waals surface area contributed by atoms with Gasteiger partial charge in [-0.05, 0) is 77.6 Å². The number of rotatable bonds is 9. The lowest BCUT2D eigenvalue weighted by atomic mass is 9.83. The number of allylic oxidation sites excluding steroid dienone is 3. The molecule has 0 radical (unpaired) electrons. The molecule has 0 heteroatoms. The fraction of sp³-hybridized carbons (Fsp3) is 0.526. The van der Waals surface area contributed by atoms with Gasteiger partial charge in [0.1, 0.15) is 0 Å². The first-order valence-electron chi connectivity index (χ1n) is 15.5. The summed E-state index contributed by atoms with van der Waals surface area (Å²) < 4.78 is 0. The highest BCUT2D eigenvalue weighted by molar-refractivity contribution is 5.88. The van der Waals surface area contributed by atoms with Crippen molar-refractivity contribution in [2.45, 2.75) is 129 Å². The van der Waals surface area contributed by atoms with Crippen molar-refractivity contribution in [2.24, 2.45) is 5.92 Å². The molecular weight excluding hydrogens is 456 g/mol. The summed E-state index contributed by atoms with van der Waals surface area (Å²) in [5.41, 5.74) is 10.2. The molecule has 0 saturated carbocycles. The van der Waals surface area contributed by atoms with Crippen LogP contribution in [-0.2, 0) is 12.8 Å². The molecule has 38 heavy (non-hydrogen) atoms. The number of hydrogen-bond acceptors (Lipinski definition) is 0. The summed E-state index contributed by atoms with van der Waals surface area (Å²) in [5, 5.41) is 0. The first kappa shape index (κ1) is 40.0. The summed E-state index contributed by atoms with van der Waals surface area (Å²) in [5.74, 6) is 3.48. The molecule has 0 nitrogen and oxygen atoms in total. The van der Waals surface area contributed by atoms with Gasteiger partial charge in [0.15, 0.2) is 0 Å². The van der Waals surface area contributed by atoms with Crippen molar-refractivity contribution in [1.82, 2.24) is 0 Å². The van der Waals surface area contributed by atoms with Crippen LogP contribution in [0.4, 0.5) is 0 Å². The Labute approximate surface area is 240 Å². The summed E-state index contributed by atoms with van der Waals surface area (Å²) in [6.45, 7) is 31.7. The summed E-state index contributed by atoms with van der Waals surface area (Å²) in [6, 6.07) is 13.3. The van der Waals surface area contributed by atoms with E-state index in [9.17, 15) is 0 Å². The molecule has 0 N–H and O–H groups in total. The van der Waals surface area contributed by atoms with E-state index < -0.39 is 0 Å². The molecule has 0 saturated heterocycles. The van der Waals surface area contributed by atoms with E-state index in [1.807, 2.05) is 41.5 Å². The molecule has 0 bridgehead atoms. The molecule has 0 aliphatic heterocycles. The van der Waals surface area contributed by atoms with Gasteiger partial charge in [-0.3, -0.25) is 0 Å². The standard InChI is InChI=1S/C29H36.C3H8.3C2H6/c1-8-14-22(7)27(12-5)29-26(19-21(6)9-2)15-13-16-28(29)25-18-17-23(10-3)24(11-4)20-25;1-3-2;3*1-2/h3,12-13,15-18,20-21H,5,8-9,11,14,19H2,1-2,4,6-7H3;3H2,1-2H3;3*1-2H3/b27-22+;;;;. The Bertz CT molecular complexity index is 933. The average molecular weight is 519 g/mol. The molecule has 2 aromatic carbocycles. The van der Waals surface area contributed by atoms with Crippen molar-refractivity contribution < 1.29 is 0 Å². The lowest BCUT2D eigenvalue weighted by molar-refractivity contribution is 0.560. The highest BCUT2D eigenvalue weighted by atomic mass is 14.2. The summed E-state index contributed by atoms with van der Waals surface area (Å²) in [7, 11) is 0. The zero-order chi connectivity index (χ0) is 30.1. The Hall–Kier alpha value is -2.52. The van der Waals surface area contributed by atoms with Gasteiger partial charge >= 0.3 is 0 Å². The Morgan fingerprint density at radius 2 is 1.50 bits per heavy atom. The maximum absolute atomic E-state index is 5.71. The maximum atomic E-state index is 5.71. The first-order valence-corrected chi connectivity index (χ1v) is 15.5. The number of benzene rings is 2. The zero-order valence-electron chi connectivity index (χ0n) is 27.6. The molecule has 0 aliphatic rings. The minimum Gasteiger partial charge on any atom is -0.115 e. The van der Waals surface area contributed by atoms with Crippen LogP contribution in [0.15, 0.2) is 54.6 Å². The van der Waals surface area contributed by atoms with E-state index in [1.165, 1.54) is 51.8 Å². The van der Waals surface area contributed by atoms with E-state index in [0.29, 0.717) is 5.92 Å². The predicted octanol–water partition coefficient (Wildman–Crippen LogP) is 12.7. The van der Waals surface area contributed by atoms with E-state index in [4.69, 9.17) is 6.42 Å². The minimum absolute atomic E-state index is 0.650. The topological polar surface area (TPSA) is 0 Å². The smallest absolute Gasteiger partial charge is 0.0274 e. The SMILES string of the molecule is C#Cc1ccc(-c2cccc(CC(C)CC)c2/C(C=C)=C(\C)CCC)cc1CC.CC.CC.CC.CCC.